The Balaban J connectivity index is 1.73. The molecule has 0 bridgehead atoms. The van der Waals surface area contributed by atoms with Crippen LogP contribution in [-0.4, -0.2) is 25.0 Å². The third-order valence-electron chi connectivity index (χ3n) is 4.34. The van der Waals surface area contributed by atoms with Gasteiger partial charge in [-0.25, -0.2) is 4.79 Å². The van der Waals surface area contributed by atoms with Crippen LogP contribution in [-0.2, 0) is 6.42 Å². The maximum absolute atomic E-state index is 12.7. The number of rotatable bonds is 3. The number of carbonyl (C=O) groups is 2. The molecule has 0 unspecified atom stereocenters. The number of hydrogen-bond acceptors (Lipinski definition) is 2. The average Bonchev–Trinajstić information content (AvgIpc) is 2.85. The highest BCUT2D eigenvalue weighted by Crippen LogP contribution is 2.26. The predicted molar refractivity (Wildman–Crippen MR) is 100 cm³/mol. The van der Waals surface area contributed by atoms with Gasteiger partial charge in [0.2, 0.25) is 0 Å². The van der Waals surface area contributed by atoms with E-state index in [1.54, 1.807) is 29.2 Å². The van der Waals surface area contributed by atoms with Crippen molar-refractivity contribution in [2.45, 2.75) is 26.2 Å². The zero-order valence-electron chi connectivity index (χ0n) is 14.4. The van der Waals surface area contributed by atoms with Crippen LogP contribution in [0.5, 0.6) is 0 Å². The van der Waals surface area contributed by atoms with Crippen LogP contribution in [0.2, 0.25) is 0 Å². The Kier molecular flexibility index (Phi) is 5.33. The number of benzene rings is 2. The molecule has 0 saturated heterocycles. The molecular formula is C20H23N3O2. The lowest BCUT2D eigenvalue weighted by molar-refractivity contribution is 0.0956. The second-order valence-corrected chi connectivity index (χ2v) is 6.10. The number of fused-ring (bicyclic) bond motifs is 1. The molecule has 3 rings (SSSR count). The largest absolute Gasteiger partial charge is 0.352 e. The summed E-state index contributed by atoms with van der Waals surface area (Å²) in [4.78, 5) is 26.3. The van der Waals surface area contributed by atoms with E-state index in [-0.39, 0.29) is 11.9 Å². The number of amides is 3. The number of hydrogen-bond donors (Lipinski definition) is 2. The SMILES string of the molecule is CCNC(=O)c1ccc(NC(=O)N2CCCCc3ccccc32)cc1. The highest BCUT2D eigenvalue weighted by molar-refractivity contribution is 6.02. The van der Waals surface area contributed by atoms with Gasteiger partial charge in [0.15, 0.2) is 0 Å². The van der Waals surface area contributed by atoms with E-state index in [9.17, 15) is 9.59 Å². The van der Waals surface area contributed by atoms with Crippen molar-refractivity contribution in [2.75, 3.05) is 23.3 Å². The lowest BCUT2D eigenvalue weighted by Crippen LogP contribution is -2.35. The summed E-state index contributed by atoms with van der Waals surface area (Å²) in [6.07, 6.45) is 3.07. The lowest BCUT2D eigenvalue weighted by atomic mass is 10.1. The van der Waals surface area contributed by atoms with Crippen LogP contribution in [0, 0.1) is 0 Å². The van der Waals surface area contributed by atoms with E-state index in [2.05, 4.69) is 16.7 Å². The van der Waals surface area contributed by atoms with Gasteiger partial charge < -0.3 is 10.6 Å². The standard InChI is InChI=1S/C20H23N3O2/c1-2-21-19(24)16-10-12-17(13-11-16)22-20(25)23-14-6-5-8-15-7-3-4-9-18(15)23/h3-4,7,9-13H,2,5-6,8,14H2,1H3,(H,21,24)(H,22,25). The van der Waals surface area contributed by atoms with Crippen molar-refractivity contribution >= 4 is 23.3 Å². The minimum absolute atomic E-state index is 0.109. The van der Waals surface area contributed by atoms with Crippen molar-refractivity contribution in [2.24, 2.45) is 0 Å². The monoisotopic (exact) mass is 337 g/mol. The number of aryl methyl sites for hydroxylation is 1. The molecule has 25 heavy (non-hydrogen) atoms. The number of para-hydroxylation sites is 1. The van der Waals surface area contributed by atoms with Crippen LogP contribution in [0.15, 0.2) is 48.5 Å². The van der Waals surface area contributed by atoms with E-state index in [1.165, 1.54) is 5.56 Å². The Labute approximate surface area is 148 Å². The molecule has 1 aliphatic heterocycles. The number of anilines is 2. The van der Waals surface area contributed by atoms with Crippen molar-refractivity contribution in [1.29, 1.82) is 0 Å². The van der Waals surface area contributed by atoms with Crippen LogP contribution in [0.4, 0.5) is 16.2 Å². The first-order valence-corrected chi connectivity index (χ1v) is 8.73. The topological polar surface area (TPSA) is 61.4 Å². The molecule has 2 N–H and O–H groups in total. The number of carbonyl (C=O) groups excluding carboxylic acids is 2. The maximum Gasteiger partial charge on any atom is 0.326 e. The molecule has 5 heteroatoms. The summed E-state index contributed by atoms with van der Waals surface area (Å²) in [5.41, 5.74) is 3.46. The van der Waals surface area contributed by atoms with Gasteiger partial charge >= 0.3 is 6.03 Å². The molecule has 0 saturated carbocycles. The van der Waals surface area contributed by atoms with Gasteiger partial charge in [-0.15, -0.1) is 0 Å². The van der Waals surface area contributed by atoms with Gasteiger partial charge in [0.25, 0.3) is 5.91 Å². The zero-order valence-corrected chi connectivity index (χ0v) is 14.4. The van der Waals surface area contributed by atoms with Gasteiger partial charge in [0.1, 0.15) is 0 Å². The summed E-state index contributed by atoms with van der Waals surface area (Å²) in [5.74, 6) is -0.109. The Morgan fingerprint density at radius 3 is 2.56 bits per heavy atom. The fourth-order valence-corrected chi connectivity index (χ4v) is 3.06. The summed E-state index contributed by atoms with van der Waals surface area (Å²) in [6.45, 7) is 3.18. The van der Waals surface area contributed by atoms with Crippen molar-refractivity contribution in [3.8, 4) is 0 Å². The predicted octanol–water partition coefficient (Wildman–Crippen LogP) is 3.81. The summed E-state index contributed by atoms with van der Waals surface area (Å²) < 4.78 is 0. The molecule has 0 fully saturated rings. The Bertz CT molecular complexity index is 756. The van der Waals surface area contributed by atoms with Gasteiger partial charge in [-0.1, -0.05) is 18.2 Å². The first-order valence-electron chi connectivity index (χ1n) is 8.73. The van der Waals surface area contributed by atoms with Crippen LogP contribution in [0.25, 0.3) is 0 Å². The number of nitrogens with zero attached hydrogens (tertiary/aromatic N) is 1. The van der Waals surface area contributed by atoms with Gasteiger partial charge in [-0.3, -0.25) is 9.69 Å². The fraction of sp³-hybridized carbons (Fsp3) is 0.300. The smallest absolute Gasteiger partial charge is 0.326 e. The molecule has 1 heterocycles. The van der Waals surface area contributed by atoms with Gasteiger partial charge in [-0.05, 0) is 62.1 Å². The fourth-order valence-electron chi connectivity index (χ4n) is 3.06. The molecule has 0 radical (unpaired) electrons. The van der Waals surface area contributed by atoms with Crippen molar-refractivity contribution in [3.63, 3.8) is 0 Å². The maximum atomic E-state index is 12.7. The zero-order chi connectivity index (χ0) is 17.6. The highest BCUT2D eigenvalue weighted by Gasteiger charge is 2.20. The van der Waals surface area contributed by atoms with E-state index in [0.29, 0.717) is 24.3 Å². The molecule has 0 spiro atoms. The Morgan fingerprint density at radius 1 is 1.04 bits per heavy atom. The highest BCUT2D eigenvalue weighted by atomic mass is 16.2. The number of urea groups is 1. The lowest BCUT2D eigenvalue weighted by Gasteiger charge is -2.23. The van der Waals surface area contributed by atoms with Crippen molar-refractivity contribution in [1.82, 2.24) is 5.32 Å². The molecule has 130 valence electrons. The molecule has 0 aliphatic carbocycles. The third kappa shape index (κ3) is 3.99. The van der Waals surface area contributed by atoms with Gasteiger partial charge in [-0.2, -0.15) is 0 Å². The van der Waals surface area contributed by atoms with Crippen LogP contribution >= 0.6 is 0 Å². The summed E-state index contributed by atoms with van der Waals surface area (Å²) >= 11 is 0. The summed E-state index contributed by atoms with van der Waals surface area (Å²) in [5, 5.41) is 5.69. The molecule has 1 aliphatic rings. The quantitative estimate of drug-likeness (QED) is 0.894. The van der Waals surface area contributed by atoms with Crippen LogP contribution in [0.1, 0.15) is 35.7 Å². The molecule has 0 aromatic heterocycles. The van der Waals surface area contributed by atoms with Crippen molar-refractivity contribution < 1.29 is 9.59 Å². The summed E-state index contributed by atoms with van der Waals surface area (Å²) in [6, 6.07) is 14.9. The van der Waals surface area contributed by atoms with E-state index in [4.69, 9.17) is 0 Å². The molecular weight excluding hydrogens is 314 g/mol. The Morgan fingerprint density at radius 2 is 1.80 bits per heavy atom. The average molecular weight is 337 g/mol. The van der Waals surface area contributed by atoms with Crippen LogP contribution in [0.3, 0.4) is 0 Å². The molecule has 2 aromatic rings. The van der Waals surface area contributed by atoms with Crippen molar-refractivity contribution in [3.05, 3.63) is 59.7 Å². The molecule has 0 atom stereocenters. The minimum Gasteiger partial charge on any atom is -0.352 e. The van der Waals surface area contributed by atoms with E-state index < -0.39 is 0 Å². The number of nitrogens with one attached hydrogen (secondary N) is 2. The molecule has 5 nitrogen and oxygen atoms in total. The second kappa shape index (κ2) is 7.83. The van der Waals surface area contributed by atoms with E-state index >= 15 is 0 Å². The van der Waals surface area contributed by atoms with Crippen LogP contribution < -0.4 is 15.5 Å². The van der Waals surface area contributed by atoms with Gasteiger partial charge in [0, 0.05) is 30.0 Å². The second-order valence-electron chi connectivity index (χ2n) is 6.10. The van der Waals surface area contributed by atoms with E-state index in [1.807, 2.05) is 25.1 Å². The summed E-state index contributed by atoms with van der Waals surface area (Å²) in [7, 11) is 0. The first kappa shape index (κ1) is 17.0. The Hall–Kier alpha value is -2.82. The normalized spacial score (nSPS) is 13.6. The molecule has 2 aromatic carbocycles. The molecule has 3 amide bonds. The minimum atomic E-state index is -0.139. The third-order valence-corrected chi connectivity index (χ3v) is 4.34. The van der Waals surface area contributed by atoms with E-state index in [0.717, 1.165) is 24.9 Å². The first-order chi connectivity index (χ1) is 12.2. The van der Waals surface area contributed by atoms with Gasteiger partial charge in [0.05, 0.1) is 0 Å².